The number of halogens is 1. The van der Waals surface area contributed by atoms with Gasteiger partial charge >= 0.3 is 0 Å². The average molecular weight is 441 g/mol. The number of nitrogens with one attached hydrogen (secondary N) is 1. The lowest BCUT2D eigenvalue weighted by molar-refractivity contribution is -0.384. The number of anilines is 1. The Balaban J connectivity index is 1.63. The van der Waals surface area contributed by atoms with Gasteiger partial charge in [0.25, 0.3) is 11.5 Å². The molecular formula is C19H13ClN6O3S. The topological polar surface area (TPSA) is 115 Å². The monoisotopic (exact) mass is 440 g/mol. The molecule has 0 bridgehead atoms. The van der Waals surface area contributed by atoms with Crippen LogP contribution in [0.2, 0.25) is 5.02 Å². The highest BCUT2D eigenvalue weighted by Crippen LogP contribution is 2.35. The maximum atomic E-state index is 13.1. The van der Waals surface area contributed by atoms with E-state index in [9.17, 15) is 14.9 Å². The van der Waals surface area contributed by atoms with Gasteiger partial charge in [-0.25, -0.2) is 9.50 Å². The predicted molar refractivity (Wildman–Crippen MR) is 113 cm³/mol. The Bertz CT molecular complexity index is 1200. The van der Waals surface area contributed by atoms with E-state index < -0.39 is 10.2 Å². The van der Waals surface area contributed by atoms with Gasteiger partial charge in [0.1, 0.15) is 10.3 Å². The Labute approximate surface area is 179 Å². The van der Waals surface area contributed by atoms with Gasteiger partial charge in [-0.3, -0.25) is 14.9 Å². The zero-order valence-electron chi connectivity index (χ0n) is 15.2. The second-order valence-corrected chi connectivity index (χ2v) is 7.56. The first-order valence-corrected chi connectivity index (χ1v) is 9.91. The fourth-order valence-electron chi connectivity index (χ4n) is 2.71. The summed E-state index contributed by atoms with van der Waals surface area (Å²) in [7, 11) is 0. The lowest BCUT2D eigenvalue weighted by atomic mass is 10.1. The van der Waals surface area contributed by atoms with Crippen molar-refractivity contribution >= 4 is 46.4 Å². The first-order valence-electron chi connectivity index (χ1n) is 8.65. The number of nitro benzene ring substituents is 1. The molecule has 30 heavy (non-hydrogen) atoms. The van der Waals surface area contributed by atoms with Gasteiger partial charge in [-0.15, -0.1) is 5.10 Å². The highest BCUT2D eigenvalue weighted by atomic mass is 35.5. The Kier molecular flexibility index (Phi) is 5.59. The summed E-state index contributed by atoms with van der Waals surface area (Å²) in [5.74, 6) is 0.0372. The standard InChI is InChI=1S/C19H13ClN6O3S/c20-14-8-7-13(11-15(14)26(28)29)22-17(27)16(12-5-2-1-3-6-12)30-19-23-18-21-9-4-10-25(18)24-19/h1-11,16H,(H,22,27). The smallest absolute Gasteiger partial charge is 0.289 e. The highest BCUT2D eigenvalue weighted by molar-refractivity contribution is 8.00. The van der Waals surface area contributed by atoms with Crippen molar-refractivity contribution in [1.29, 1.82) is 0 Å². The first-order chi connectivity index (χ1) is 14.5. The third-order valence-corrected chi connectivity index (χ3v) is 5.50. The van der Waals surface area contributed by atoms with Crippen molar-refractivity contribution in [3.05, 3.63) is 87.7 Å². The summed E-state index contributed by atoms with van der Waals surface area (Å²) >= 11 is 7.00. The van der Waals surface area contributed by atoms with Crippen LogP contribution in [0.4, 0.5) is 11.4 Å². The minimum atomic E-state index is -0.696. The summed E-state index contributed by atoms with van der Waals surface area (Å²) < 4.78 is 1.52. The Morgan fingerprint density at radius 1 is 1.20 bits per heavy atom. The quantitative estimate of drug-likeness (QED) is 0.272. The summed E-state index contributed by atoms with van der Waals surface area (Å²) in [6.07, 6.45) is 3.32. The number of thioether (sulfide) groups is 1. The fourth-order valence-corrected chi connectivity index (χ4v) is 3.83. The van der Waals surface area contributed by atoms with Crippen molar-refractivity contribution in [1.82, 2.24) is 19.6 Å². The molecule has 0 saturated heterocycles. The van der Waals surface area contributed by atoms with Gasteiger partial charge in [0.2, 0.25) is 11.1 Å². The Hall–Kier alpha value is -3.50. The number of aromatic nitrogens is 4. The summed E-state index contributed by atoms with van der Waals surface area (Å²) in [6.45, 7) is 0. The maximum Gasteiger partial charge on any atom is 0.289 e. The van der Waals surface area contributed by atoms with Crippen LogP contribution in [0.3, 0.4) is 0 Å². The van der Waals surface area contributed by atoms with Gasteiger partial charge in [-0.1, -0.05) is 53.7 Å². The number of fused-ring (bicyclic) bond motifs is 1. The molecule has 150 valence electrons. The number of hydrogen-bond donors (Lipinski definition) is 1. The van der Waals surface area contributed by atoms with Crippen molar-refractivity contribution in [2.75, 3.05) is 5.32 Å². The minimum Gasteiger partial charge on any atom is -0.325 e. The van der Waals surface area contributed by atoms with Crippen LogP contribution >= 0.6 is 23.4 Å². The number of rotatable bonds is 6. The van der Waals surface area contributed by atoms with E-state index in [-0.39, 0.29) is 22.3 Å². The molecule has 2 aromatic heterocycles. The van der Waals surface area contributed by atoms with E-state index in [4.69, 9.17) is 11.6 Å². The molecule has 0 aliphatic heterocycles. The lowest BCUT2D eigenvalue weighted by Gasteiger charge is -2.15. The van der Waals surface area contributed by atoms with Crippen molar-refractivity contribution in [3.8, 4) is 0 Å². The van der Waals surface area contributed by atoms with E-state index in [1.165, 1.54) is 22.7 Å². The van der Waals surface area contributed by atoms with Crippen molar-refractivity contribution in [3.63, 3.8) is 0 Å². The number of nitro groups is 1. The van der Waals surface area contributed by atoms with Gasteiger partial charge in [0.05, 0.1) is 4.92 Å². The average Bonchev–Trinajstić information content (AvgIpc) is 3.16. The van der Waals surface area contributed by atoms with Crippen LogP contribution in [0.5, 0.6) is 0 Å². The summed E-state index contributed by atoms with van der Waals surface area (Å²) in [4.78, 5) is 32.1. The molecule has 1 N–H and O–H groups in total. The SMILES string of the molecule is O=C(Nc1ccc(Cl)c([N+](=O)[O-])c1)C(Sc1nc2ncccn2n1)c1ccccc1. The molecular weight excluding hydrogens is 428 g/mol. The largest absolute Gasteiger partial charge is 0.325 e. The van der Waals surface area contributed by atoms with Gasteiger partial charge in [-0.05, 0) is 23.8 Å². The summed E-state index contributed by atoms with van der Waals surface area (Å²) in [5, 5.41) is 17.8. The van der Waals surface area contributed by atoms with Gasteiger partial charge in [-0.2, -0.15) is 4.98 Å². The molecule has 0 radical (unpaired) electrons. The molecule has 0 spiro atoms. The first kappa shape index (κ1) is 19.8. The number of amides is 1. The third kappa shape index (κ3) is 4.24. The van der Waals surface area contributed by atoms with E-state index in [2.05, 4.69) is 20.4 Å². The Morgan fingerprint density at radius 2 is 2.00 bits per heavy atom. The van der Waals surface area contributed by atoms with Crippen molar-refractivity contribution in [2.45, 2.75) is 10.4 Å². The number of carbonyl (C=O) groups excluding carboxylic acids is 1. The fraction of sp³-hybridized carbons (Fsp3) is 0.0526. The number of benzene rings is 2. The highest BCUT2D eigenvalue weighted by Gasteiger charge is 2.25. The van der Waals surface area contributed by atoms with E-state index in [1.54, 1.807) is 18.5 Å². The van der Waals surface area contributed by atoms with Crippen LogP contribution in [-0.4, -0.2) is 30.4 Å². The minimum absolute atomic E-state index is 0.00613. The van der Waals surface area contributed by atoms with E-state index in [0.717, 1.165) is 17.3 Å². The van der Waals surface area contributed by atoms with E-state index in [0.29, 0.717) is 10.9 Å². The summed E-state index contributed by atoms with van der Waals surface area (Å²) in [5.41, 5.74) is 0.712. The van der Waals surface area contributed by atoms with Gasteiger partial charge in [0, 0.05) is 24.1 Å². The molecule has 0 aliphatic carbocycles. The third-order valence-electron chi connectivity index (χ3n) is 4.07. The van der Waals surface area contributed by atoms with Crippen LogP contribution in [0, 0.1) is 10.1 Å². The van der Waals surface area contributed by atoms with Gasteiger partial charge < -0.3 is 5.32 Å². The zero-order chi connectivity index (χ0) is 21.1. The normalized spacial score (nSPS) is 11.9. The molecule has 2 aromatic carbocycles. The number of hydrogen-bond acceptors (Lipinski definition) is 7. The van der Waals surface area contributed by atoms with Gasteiger partial charge in [0.15, 0.2) is 0 Å². The molecule has 11 heteroatoms. The van der Waals surface area contributed by atoms with Crippen molar-refractivity contribution in [2.24, 2.45) is 0 Å². The molecule has 1 amide bonds. The molecule has 1 unspecified atom stereocenters. The molecule has 9 nitrogen and oxygen atoms in total. The van der Waals surface area contributed by atoms with Crippen LogP contribution in [-0.2, 0) is 4.79 Å². The molecule has 0 fully saturated rings. The predicted octanol–water partition coefficient (Wildman–Crippen LogP) is 4.16. The molecule has 4 aromatic rings. The molecule has 0 aliphatic rings. The van der Waals surface area contributed by atoms with Crippen LogP contribution < -0.4 is 5.32 Å². The molecule has 0 saturated carbocycles. The zero-order valence-corrected chi connectivity index (χ0v) is 16.7. The van der Waals surface area contributed by atoms with Crippen molar-refractivity contribution < 1.29 is 9.72 Å². The number of nitrogens with zero attached hydrogens (tertiary/aromatic N) is 5. The maximum absolute atomic E-state index is 13.1. The molecule has 2 heterocycles. The molecule has 4 rings (SSSR count). The van der Waals surface area contributed by atoms with Crippen LogP contribution in [0.1, 0.15) is 10.8 Å². The second kappa shape index (κ2) is 8.47. The lowest BCUT2D eigenvalue weighted by Crippen LogP contribution is -2.19. The summed E-state index contributed by atoms with van der Waals surface area (Å²) in [6, 6.07) is 14.9. The molecule has 1 atom stereocenters. The van der Waals surface area contributed by atoms with Crippen LogP contribution in [0.15, 0.2) is 72.1 Å². The number of carbonyl (C=O) groups is 1. The Morgan fingerprint density at radius 3 is 2.73 bits per heavy atom. The van der Waals surface area contributed by atoms with Crippen LogP contribution in [0.25, 0.3) is 5.78 Å². The second-order valence-electron chi connectivity index (χ2n) is 6.08. The van der Waals surface area contributed by atoms with E-state index >= 15 is 0 Å². The van der Waals surface area contributed by atoms with E-state index in [1.807, 2.05) is 30.3 Å².